The highest BCUT2D eigenvalue weighted by Gasteiger charge is 2.38. The van der Waals surface area contributed by atoms with Crippen molar-refractivity contribution in [3.63, 3.8) is 0 Å². The first-order valence-electron chi connectivity index (χ1n) is 6.93. The first-order valence-corrected chi connectivity index (χ1v) is 8.81. The van der Waals surface area contributed by atoms with Crippen LogP contribution in [0.1, 0.15) is 11.1 Å². The molecule has 0 atom stereocenters. The quantitative estimate of drug-likeness (QED) is 0.780. The second kappa shape index (κ2) is 6.01. The Bertz CT molecular complexity index is 712. The highest BCUT2D eigenvalue weighted by Crippen LogP contribution is 2.41. The van der Waals surface area contributed by atoms with Crippen LogP contribution in [0, 0.1) is 0 Å². The molecule has 2 aromatic rings. The second-order valence-corrected chi connectivity index (χ2v) is 7.67. The summed E-state index contributed by atoms with van der Waals surface area (Å²) in [5.74, 6) is 0. The summed E-state index contributed by atoms with van der Waals surface area (Å²) in [4.78, 5) is 0.0480. The Kier molecular flexibility index (Phi) is 4.47. The van der Waals surface area contributed by atoms with Gasteiger partial charge in [-0.2, -0.15) is 0 Å². The average molecular weight is 316 g/mol. The van der Waals surface area contributed by atoms with Gasteiger partial charge in [0.1, 0.15) is 9.63 Å². The normalized spacial score (nSPS) is 13.1. The van der Waals surface area contributed by atoms with Crippen LogP contribution in [0.15, 0.2) is 83.6 Å². The van der Waals surface area contributed by atoms with Crippen LogP contribution < -0.4 is 0 Å². The molecule has 0 aliphatic rings. The molecule has 116 valence electrons. The molecule has 0 amide bonds. The minimum absolute atomic E-state index is 0.0240. The second-order valence-electron chi connectivity index (χ2n) is 5.07. The summed E-state index contributed by atoms with van der Waals surface area (Å²) in [7, 11) is -5.16. The van der Waals surface area contributed by atoms with Gasteiger partial charge in [-0.3, -0.25) is 0 Å². The van der Waals surface area contributed by atoms with Gasteiger partial charge in [-0.05, 0) is 36.1 Å². The van der Waals surface area contributed by atoms with Crippen molar-refractivity contribution in [3.05, 3.63) is 85.0 Å². The van der Waals surface area contributed by atoms with Crippen LogP contribution in [-0.2, 0) is 22.5 Å². The first kappa shape index (κ1) is 16.4. The summed E-state index contributed by atoms with van der Waals surface area (Å²) in [6.45, 7) is 7.31. The maximum atomic E-state index is 13.2. The Hall–Kier alpha value is -2.01. The van der Waals surface area contributed by atoms with Crippen LogP contribution in [0.25, 0.3) is 0 Å². The van der Waals surface area contributed by atoms with E-state index in [1.807, 2.05) is 0 Å². The van der Waals surface area contributed by atoms with Gasteiger partial charge in [0.05, 0.1) is 9.79 Å². The third-order valence-electron chi connectivity index (χ3n) is 3.47. The number of allylic oxidation sites excluding steroid dienone is 2. The summed E-state index contributed by atoms with van der Waals surface area (Å²) < 4.78 is 34.8. The van der Waals surface area contributed by atoms with Gasteiger partial charge in [0.25, 0.3) is 0 Å². The molecule has 0 spiro atoms. The van der Waals surface area contributed by atoms with E-state index in [0.29, 0.717) is 24.0 Å². The standard InChI is InChI=1S/C18H20O3S/c1-3-9-15-11-5-7-13-17(15)22(19,20,21)18-14-8-6-12-16(18)10-4-2/h3-8,11-14H,1-2,9-10H2,(H2,19,20,21). The molecule has 0 bridgehead atoms. The fraction of sp³-hybridized carbons (Fsp3) is 0.111. The van der Waals surface area contributed by atoms with Crippen molar-refractivity contribution in [3.8, 4) is 0 Å². The maximum Gasteiger partial charge on any atom is 0.136 e. The zero-order valence-corrected chi connectivity index (χ0v) is 13.1. The third kappa shape index (κ3) is 2.95. The first-order chi connectivity index (χ1) is 10.4. The van der Waals surface area contributed by atoms with Crippen LogP contribution >= 0.6 is 0 Å². The van der Waals surface area contributed by atoms with E-state index in [2.05, 4.69) is 13.2 Å². The van der Waals surface area contributed by atoms with Gasteiger partial charge in [0.2, 0.25) is 0 Å². The molecule has 0 aromatic heterocycles. The van der Waals surface area contributed by atoms with Gasteiger partial charge < -0.3 is 9.11 Å². The largest absolute Gasteiger partial charge is 0.301 e. The Labute approximate surface area is 131 Å². The van der Waals surface area contributed by atoms with Crippen molar-refractivity contribution < 1.29 is 13.3 Å². The molecule has 0 aliphatic carbocycles. The van der Waals surface area contributed by atoms with Crippen molar-refractivity contribution in [2.75, 3.05) is 0 Å². The topological polar surface area (TPSA) is 57.5 Å². The molecule has 2 aromatic carbocycles. The Morgan fingerprint density at radius 2 is 1.18 bits per heavy atom. The minimum Gasteiger partial charge on any atom is -0.301 e. The molecule has 2 rings (SSSR count). The van der Waals surface area contributed by atoms with Crippen LogP contribution in [0.3, 0.4) is 0 Å². The molecule has 0 aliphatic heterocycles. The molecule has 22 heavy (non-hydrogen) atoms. The highest BCUT2D eigenvalue weighted by molar-refractivity contribution is 8.10. The van der Waals surface area contributed by atoms with Crippen molar-refractivity contribution in [1.29, 1.82) is 0 Å². The van der Waals surface area contributed by atoms with Crippen LogP contribution in [-0.4, -0.2) is 13.3 Å². The Morgan fingerprint density at radius 1 is 0.818 bits per heavy atom. The van der Waals surface area contributed by atoms with E-state index >= 15 is 0 Å². The molecule has 0 fully saturated rings. The maximum absolute atomic E-state index is 13.2. The van der Waals surface area contributed by atoms with Crippen molar-refractivity contribution >= 4 is 9.63 Å². The molecule has 4 heteroatoms. The van der Waals surface area contributed by atoms with Crippen molar-refractivity contribution in [2.24, 2.45) is 0 Å². The summed E-state index contributed by atoms with van der Waals surface area (Å²) in [5, 5.41) is 0. The van der Waals surface area contributed by atoms with Gasteiger partial charge in [-0.25, -0.2) is 4.21 Å². The minimum atomic E-state index is -5.16. The van der Waals surface area contributed by atoms with E-state index in [1.54, 1.807) is 48.6 Å². The Morgan fingerprint density at radius 3 is 1.55 bits per heavy atom. The summed E-state index contributed by atoms with van der Waals surface area (Å²) in [5.41, 5.74) is 1.15. The lowest BCUT2D eigenvalue weighted by Gasteiger charge is -2.34. The van der Waals surface area contributed by atoms with Gasteiger partial charge in [-0.15, -0.1) is 13.2 Å². The zero-order valence-electron chi connectivity index (χ0n) is 12.3. The molecule has 2 N–H and O–H groups in total. The SMILES string of the molecule is C=CCc1ccccc1S(=O)(O)(O)c1ccccc1CC=C. The molecular formula is C18H20O3S. The van der Waals surface area contributed by atoms with Gasteiger partial charge in [0.15, 0.2) is 0 Å². The fourth-order valence-corrected chi connectivity index (χ4v) is 4.63. The Balaban J connectivity index is 2.73. The average Bonchev–Trinajstić information content (AvgIpc) is 2.48. The van der Waals surface area contributed by atoms with Crippen LogP contribution in [0.5, 0.6) is 0 Å². The summed E-state index contributed by atoms with van der Waals surface area (Å²) in [6.07, 6.45) is 4.07. The number of hydrogen-bond donors (Lipinski definition) is 2. The van der Waals surface area contributed by atoms with Crippen molar-refractivity contribution in [2.45, 2.75) is 22.6 Å². The highest BCUT2D eigenvalue weighted by atomic mass is 32.3. The summed E-state index contributed by atoms with van der Waals surface area (Å²) >= 11 is 0. The van der Waals surface area contributed by atoms with E-state index in [0.717, 1.165) is 0 Å². The molecule has 0 saturated heterocycles. The number of rotatable bonds is 6. The zero-order chi connectivity index (χ0) is 16.2. The van der Waals surface area contributed by atoms with Gasteiger partial charge in [0, 0.05) is 0 Å². The van der Waals surface area contributed by atoms with E-state index in [4.69, 9.17) is 0 Å². The lowest BCUT2D eigenvalue weighted by Crippen LogP contribution is -2.34. The van der Waals surface area contributed by atoms with Gasteiger partial charge in [-0.1, -0.05) is 48.6 Å². The predicted octanol–water partition coefficient (Wildman–Crippen LogP) is 4.33. The lowest BCUT2D eigenvalue weighted by atomic mass is 10.1. The van der Waals surface area contributed by atoms with E-state index in [-0.39, 0.29) is 9.79 Å². The third-order valence-corrected chi connectivity index (χ3v) is 5.85. The fourth-order valence-electron chi connectivity index (χ4n) is 2.49. The van der Waals surface area contributed by atoms with E-state index in [1.165, 1.54) is 12.1 Å². The smallest absolute Gasteiger partial charge is 0.136 e. The van der Waals surface area contributed by atoms with E-state index in [9.17, 15) is 13.3 Å². The monoisotopic (exact) mass is 316 g/mol. The predicted molar refractivity (Wildman–Crippen MR) is 90.6 cm³/mol. The molecule has 0 radical (unpaired) electrons. The lowest BCUT2D eigenvalue weighted by molar-refractivity contribution is 0.388. The summed E-state index contributed by atoms with van der Waals surface area (Å²) in [6, 6.07) is 13.2. The number of benzene rings is 2. The van der Waals surface area contributed by atoms with Gasteiger partial charge >= 0.3 is 0 Å². The van der Waals surface area contributed by atoms with Crippen molar-refractivity contribution in [1.82, 2.24) is 0 Å². The van der Waals surface area contributed by atoms with Crippen LogP contribution in [0.4, 0.5) is 0 Å². The van der Waals surface area contributed by atoms with Crippen LogP contribution in [0.2, 0.25) is 0 Å². The molecule has 0 heterocycles. The molecule has 3 nitrogen and oxygen atoms in total. The van der Waals surface area contributed by atoms with E-state index < -0.39 is 9.63 Å². The molecule has 0 saturated carbocycles. The number of hydrogen-bond acceptors (Lipinski definition) is 1. The molecule has 0 unspecified atom stereocenters. The molecular weight excluding hydrogens is 296 g/mol.